The molecule has 5 nitrogen and oxygen atoms in total. The number of para-hydroxylation sites is 1. The highest BCUT2D eigenvalue weighted by Crippen LogP contribution is 2.36. The fourth-order valence-corrected chi connectivity index (χ4v) is 3.04. The maximum Gasteiger partial charge on any atom is 0.229 e. The van der Waals surface area contributed by atoms with E-state index in [-0.39, 0.29) is 11.8 Å². The molecule has 1 aliphatic heterocycles. The van der Waals surface area contributed by atoms with Crippen molar-refractivity contribution in [1.82, 2.24) is 9.88 Å². The van der Waals surface area contributed by atoms with Crippen molar-refractivity contribution < 1.29 is 14.3 Å². The van der Waals surface area contributed by atoms with Gasteiger partial charge in [0.15, 0.2) is 11.5 Å². The van der Waals surface area contributed by atoms with Gasteiger partial charge in [-0.1, -0.05) is 12.1 Å². The van der Waals surface area contributed by atoms with Gasteiger partial charge in [-0.2, -0.15) is 0 Å². The molecule has 1 aromatic heterocycles. The number of pyridine rings is 1. The number of fused-ring (bicyclic) bond motifs is 1. The minimum absolute atomic E-state index is 0.0969. The highest BCUT2D eigenvalue weighted by molar-refractivity contribution is 5.79. The Hall–Kier alpha value is -2.56. The molecule has 0 bridgehead atoms. The molecule has 1 amide bonds. The minimum atomic E-state index is -0.170. The summed E-state index contributed by atoms with van der Waals surface area (Å²) < 4.78 is 11.1. The Morgan fingerprint density at radius 1 is 1.42 bits per heavy atom. The van der Waals surface area contributed by atoms with Gasteiger partial charge in [0.2, 0.25) is 5.91 Å². The molecule has 0 radical (unpaired) electrons. The fraction of sp³-hybridized carbons (Fsp3) is 0.368. The van der Waals surface area contributed by atoms with Crippen LogP contribution in [-0.4, -0.2) is 36.6 Å². The Balaban J connectivity index is 1.71. The van der Waals surface area contributed by atoms with Crippen molar-refractivity contribution in [2.45, 2.75) is 19.9 Å². The summed E-state index contributed by atoms with van der Waals surface area (Å²) in [6, 6.07) is 7.75. The van der Waals surface area contributed by atoms with E-state index in [1.807, 2.05) is 44.4 Å². The number of aryl methyl sites for hydroxylation is 1. The Morgan fingerprint density at radius 2 is 2.25 bits per heavy atom. The first-order chi connectivity index (χ1) is 11.6. The molecule has 1 atom stereocenters. The van der Waals surface area contributed by atoms with Crippen LogP contribution in [-0.2, 0) is 17.8 Å². The van der Waals surface area contributed by atoms with Crippen LogP contribution in [0.3, 0.4) is 0 Å². The number of methoxy groups -OCH3 is 1. The standard InChI is InChI=1S/C19H22N2O3/c1-13-10-20-8-7-15(13)11-21(2)19(22)16-9-14-5-4-6-17(23-3)18(14)24-12-16/h4-8,10,16H,9,11-12H2,1-3H3/t16-/m0/s1. The summed E-state index contributed by atoms with van der Waals surface area (Å²) >= 11 is 0. The van der Waals surface area contributed by atoms with E-state index in [2.05, 4.69) is 4.98 Å². The number of hydrogen-bond acceptors (Lipinski definition) is 4. The quantitative estimate of drug-likeness (QED) is 0.867. The second-order valence-corrected chi connectivity index (χ2v) is 6.16. The molecule has 1 aliphatic rings. The maximum atomic E-state index is 12.8. The lowest BCUT2D eigenvalue weighted by molar-refractivity contribution is -0.136. The van der Waals surface area contributed by atoms with Crippen molar-refractivity contribution in [3.63, 3.8) is 0 Å². The zero-order valence-electron chi connectivity index (χ0n) is 14.3. The number of aromatic nitrogens is 1. The van der Waals surface area contributed by atoms with Crippen molar-refractivity contribution in [3.05, 3.63) is 53.3 Å². The fourth-order valence-electron chi connectivity index (χ4n) is 3.04. The van der Waals surface area contributed by atoms with E-state index >= 15 is 0 Å². The lowest BCUT2D eigenvalue weighted by Crippen LogP contribution is -2.38. The molecule has 2 heterocycles. The van der Waals surface area contributed by atoms with E-state index < -0.39 is 0 Å². The van der Waals surface area contributed by atoms with Crippen molar-refractivity contribution in [2.24, 2.45) is 5.92 Å². The predicted molar refractivity (Wildman–Crippen MR) is 91.1 cm³/mol. The van der Waals surface area contributed by atoms with Gasteiger partial charge >= 0.3 is 0 Å². The highest BCUT2D eigenvalue weighted by atomic mass is 16.5. The third kappa shape index (κ3) is 3.20. The Bertz CT molecular complexity index is 745. The molecule has 0 aliphatic carbocycles. The van der Waals surface area contributed by atoms with E-state index in [1.165, 1.54) is 0 Å². The normalized spacial score (nSPS) is 16.0. The summed E-state index contributed by atoms with van der Waals surface area (Å²) in [5.74, 6) is 1.41. The van der Waals surface area contributed by atoms with Crippen molar-refractivity contribution in [3.8, 4) is 11.5 Å². The molecule has 0 saturated carbocycles. The number of nitrogens with zero attached hydrogens (tertiary/aromatic N) is 2. The summed E-state index contributed by atoms with van der Waals surface area (Å²) in [4.78, 5) is 18.6. The summed E-state index contributed by atoms with van der Waals surface area (Å²) in [6.07, 6.45) is 4.25. The molecule has 0 spiro atoms. The van der Waals surface area contributed by atoms with Crippen LogP contribution >= 0.6 is 0 Å². The summed E-state index contributed by atoms with van der Waals surface area (Å²) in [5.41, 5.74) is 3.22. The first kappa shape index (κ1) is 16.3. The van der Waals surface area contributed by atoms with Crippen molar-refractivity contribution in [1.29, 1.82) is 0 Å². The predicted octanol–water partition coefficient (Wildman–Crippen LogP) is 2.61. The van der Waals surface area contributed by atoms with Crippen LogP contribution in [0.25, 0.3) is 0 Å². The zero-order chi connectivity index (χ0) is 17.1. The van der Waals surface area contributed by atoms with Gasteiger partial charge in [0.1, 0.15) is 6.61 Å². The second-order valence-electron chi connectivity index (χ2n) is 6.16. The molecule has 0 fully saturated rings. The molecular weight excluding hydrogens is 304 g/mol. The van der Waals surface area contributed by atoms with Gasteiger partial charge in [0, 0.05) is 26.0 Å². The number of benzene rings is 1. The van der Waals surface area contributed by atoms with Crippen LogP contribution in [0.1, 0.15) is 16.7 Å². The number of ether oxygens (including phenoxy) is 2. The first-order valence-electron chi connectivity index (χ1n) is 8.03. The third-order valence-electron chi connectivity index (χ3n) is 4.44. The van der Waals surface area contributed by atoms with Crippen LogP contribution in [0.5, 0.6) is 11.5 Å². The van der Waals surface area contributed by atoms with E-state index in [4.69, 9.17) is 9.47 Å². The summed E-state index contributed by atoms with van der Waals surface area (Å²) in [7, 11) is 3.46. The molecule has 5 heteroatoms. The maximum absolute atomic E-state index is 12.8. The van der Waals surface area contributed by atoms with Gasteiger partial charge in [0.05, 0.1) is 13.0 Å². The average molecular weight is 326 g/mol. The smallest absolute Gasteiger partial charge is 0.229 e. The van der Waals surface area contributed by atoms with E-state index in [1.54, 1.807) is 18.2 Å². The van der Waals surface area contributed by atoms with E-state index in [9.17, 15) is 4.79 Å². The van der Waals surface area contributed by atoms with Gasteiger partial charge in [-0.15, -0.1) is 0 Å². The van der Waals surface area contributed by atoms with Gasteiger partial charge < -0.3 is 14.4 Å². The zero-order valence-corrected chi connectivity index (χ0v) is 14.3. The molecule has 24 heavy (non-hydrogen) atoms. The number of carbonyl (C=O) groups is 1. The highest BCUT2D eigenvalue weighted by Gasteiger charge is 2.29. The molecule has 1 aromatic carbocycles. The Kier molecular flexibility index (Phi) is 4.69. The van der Waals surface area contributed by atoms with Crippen LogP contribution in [0.15, 0.2) is 36.7 Å². The van der Waals surface area contributed by atoms with E-state index in [0.29, 0.717) is 19.6 Å². The number of rotatable bonds is 4. The molecule has 0 N–H and O–H groups in total. The Labute approximate surface area is 142 Å². The lowest BCUT2D eigenvalue weighted by Gasteiger charge is -2.29. The molecule has 2 aromatic rings. The molecular formula is C19H22N2O3. The molecule has 0 saturated heterocycles. The van der Waals surface area contributed by atoms with Crippen LogP contribution in [0, 0.1) is 12.8 Å². The largest absolute Gasteiger partial charge is 0.493 e. The number of carbonyl (C=O) groups excluding carboxylic acids is 1. The Morgan fingerprint density at radius 3 is 3.00 bits per heavy atom. The number of amides is 1. The van der Waals surface area contributed by atoms with Crippen molar-refractivity contribution in [2.75, 3.05) is 20.8 Å². The van der Waals surface area contributed by atoms with Crippen LogP contribution in [0.4, 0.5) is 0 Å². The van der Waals surface area contributed by atoms with Gasteiger partial charge in [-0.25, -0.2) is 0 Å². The molecule has 0 unspecified atom stereocenters. The van der Waals surface area contributed by atoms with E-state index in [0.717, 1.165) is 28.2 Å². The van der Waals surface area contributed by atoms with Crippen LogP contribution < -0.4 is 9.47 Å². The van der Waals surface area contributed by atoms with Gasteiger partial charge in [-0.05, 0) is 42.2 Å². The third-order valence-corrected chi connectivity index (χ3v) is 4.44. The number of hydrogen-bond donors (Lipinski definition) is 0. The SMILES string of the molecule is COc1cccc2c1OC[C@@H](C(=O)N(C)Cc1ccncc1C)C2. The second kappa shape index (κ2) is 6.91. The minimum Gasteiger partial charge on any atom is -0.493 e. The molecule has 3 rings (SSSR count). The van der Waals surface area contributed by atoms with Gasteiger partial charge in [-0.3, -0.25) is 9.78 Å². The lowest BCUT2D eigenvalue weighted by atomic mass is 9.95. The molecule has 126 valence electrons. The van der Waals surface area contributed by atoms with Crippen LogP contribution in [0.2, 0.25) is 0 Å². The average Bonchev–Trinajstić information content (AvgIpc) is 2.61. The summed E-state index contributed by atoms with van der Waals surface area (Å²) in [6.45, 7) is 2.97. The van der Waals surface area contributed by atoms with Crippen molar-refractivity contribution >= 4 is 5.91 Å². The summed E-state index contributed by atoms with van der Waals surface area (Å²) in [5, 5.41) is 0. The van der Waals surface area contributed by atoms with Gasteiger partial charge in [0.25, 0.3) is 0 Å². The first-order valence-corrected chi connectivity index (χ1v) is 8.03. The topological polar surface area (TPSA) is 51.7 Å². The monoisotopic (exact) mass is 326 g/mol.